The van der Waals surface area contributed by atoms with Crippen LogP contribution >= 0.6 is 23.8 Å². The van der Waals surface area contributed by atoms with Gasteiger partial charge < -0.3 is 4.90 Å². The van der Waals surface area contributed by atoms with Gasteiger partial charge in [-0.25, -0.2) is 0 Å². The molecular weight excluding hydrogens is 268 g/mol. The Bertz CT molecular complexity index is 541. The number of nitrogens with zero attached hydrogens (tertiary/aromatic N) is 3. The number of carbonyl (C=O) groups excluding carboxylic acids is 1. The zero-order valence-electron chi connectivity index (χ0n) is 9.53. The van der Waals surface area contributed by atoms with E-state index in [1.54, 1.807) is 17.3 Å². The second kappa shape index (κ2) is 5.65. The number of hydrogen-bond donors (Lipinski definition) is 1. The monoisotopic (exact) mass is 278 g/mol. The number of aromatic nitrogens is 2. The summed E-state index contributed by atoms with van der Waals surface area (Å²) in [6.07, 6.45) is 0. The third-order valence-electron chi connectivity index (χ3n) is 2.26. The average molecular weight is 278 g/mol. The van der Waals surface area contributed by atoms with Crippen LogP contribution in [0.3, 0.4) is 0 Å². The minimum Gasteiger partial charge on any atom is -0.322 e. The van der Waals surface area contributed by atoms with Crippen molar-refractivity contribution in [1.82, 2.24) is 14.9 Å². The normalized spacial score (nSPS) is 9.83. The first kappa shape index (κ1) is 12.6. The number of rotatable bonds is 2. The summed E-state index contributed by atoms with van der Waals surface area (Å²) < 4.78 is 3.63. The summed E-state index contributed by atoms with van der Waals surface area (Å²) in [6, 6.07) is 9.53. The van der Waals surface area contributed by atoms with Gasteiger partial charge in [-0.05, 0) is 35.9 Å². The molecule has 0 aliphatic carbocycles. The first-order chi connectivity index (χ1) is 8.68. The van der Waals surface area contributed by atoms with Crippen molar-refractivity contribution in [3.05, 3.63) is 41.4 Å². The number of carbonyl (C=O) groups is 1. The van der Waals surface area contributed by atoms with Gasteiger partial charge in [0.2, 0.25) is 0 Å². The molecule has 0 spiro atoms. The van der Waals surface area contributed by atoms with Gasteiger partial charge in [0.15, 0.2) is 10.8 Å². The molecule has 5 nitrogen and oxygen atoms in total. The second-order valence-corrected chi connectivity index (χ2v) is 4.44. The Kier molecular flexibility index (Phi) is 3.96. The lowest BCUT2D eigenvalue weighted by Gasteiger charge is -2.19. The SMILES string of the molecule is CN(C(=S)NC(=O)c1csnn1)c1ccccc1. The lowest BCUT2D eigenvalue weighted by Crippen LogP contribution is -2.40. The van der Waals surface area contributed by atoms with Crippen LogP contribution in [0.25, 0.3) is 0 Å². The standard InChI is InChI=1S/C11H10N4OS2/c1-15(8-5-3-2-4-6-8)11(17)12-10(16)9-7-18-14-13-9/h2-7H,1H3,(H,12,16,17). The van der Waals surface area contributed by atoms with Crippen molar-refractivity contribution in [2.24, 2.45) is 0 Å². The van der Waals surface area contributed by atoms with Crippen LogP contribution in [0.15, 0.2) is 35.7 Å². The summed E-state index contributed by atoms with van der Waals surface area (Å²) in [4.78, 5) is 13.4. The first-order valence-corrected chi connectivity index (χ1v) is 6.34. The third-order valence-corrected chi connectivity index (χ3v) is 3.14. The minimum atomic E-state index is -0.350. The van der Waals surface area contributed by atoms with Crippen LogP contribution in [0.5, 0.6) is 0 Å². The highest BCUT2D eigenvalue weighted by Crippen LogP contribution is 2.11. The molecule has 0 bridgehead atoms. The van der Waals surface area contributed by atoms with E-state index in [0.29, 0.717) is 5.11 Å². The Morgan fingerprint density at radius 2 is 2.11 bits per heavy atom. The molecule has 18 heavy (non-hydrogen) atoms. The largest absolute Gasteiger partial charge is 0.322 e. The van der Waals surface area contributed by atoms with Gasteiger partial charge in [0.1, 0.15) is 0 Å². The van der Waals surface area contributed by atoms with Crippen LogP contribution in [0, 0.1) is 0 Å². The van der Waals surface area contributed by atoms with E-state index in [2.05, 4.69) is 14.9 Å². The number of thiocarbonyl (C=S) groups is 1. The van der Waals surface area contributed by atoms with Crippen molar-refractivity contribution in [3.8, 4) is 0 Å². The Morgan fingerprint density at radius 1 is 1.39 bits per heavy atom. The molecule has 0 radical (unpaired) electrons. The predicted molar refractivity (Wildman–Crippen MR) is 74.8 cm³/mol. The number of amides is 1. The van der Waals surface area contributed by atoms with E-state index in [1.807, 2.05) is 30.3 Å². The van der Waals surface area contributed by atoms with Gasteiger partial charge in [-0.15, -0.1) is 5.10 Å². The highest BCUT2D eigenvalue weighted by atomic mass is 32.1. The summed E-state index contributed by atoms with van der Waals surface area (Å²) in [6.45, 7) is 0. The van der Waals surface area contributed by atoms with Crippen molar-refractivity contribution in [2.45, 2.75) is 0 Å². The van der Waals surface area contributed by atoms with Gasteiger partial charge in [-0.1, -0.05) is 22.7 Å². The van der Waals surface area contributed by atoms with Crippen molar-refractivity contribution in [3.63, 3.8) is 0 Å². The van der Waals surface area contributed by atoms with E-state index in [1.165, 1.54) is 0 Å². The Hall–Kier alpha value is -1.86. The average Bonchev–Trinajstić information content (AvgIpc) is 2.92. The van der Waals surface area contributed by atoms with E-state index >= 15 is 0 Å². The maximum Gasteiger partial charge on any atom is 0.278 e. The number of para-hydroxylation sites is 1. The quantitative estimate of drug-likeness (QED) is 0.847. The summed E-state index contributed by atoms with van der Waals surface area (Å²) in [5.41, 5.74) is 1.17. The van der Waals surface area contributed by atoms with E-state index in [-0.39, 0.29) is 11.6 Å². The van der Waals surface area contributed by atoms with Crippen LogP contribution in [0.1, 0.15) is 10.5 Å². The molecule has 92 valence electrons. The Morgan fingerprint density at radius 3 is 2.72 bits per heavy atom. The van der Waals surface area contributed by atoms with Crippen LogP contribution in [-0.4, -0.2) is 27.7 Å². The van der Waals surface area contributed by atoms with Gasteiger partial charge in [-0.2, -0.15) is 0 Å². The highest BCUT2D eigenvalue weighted by Gasteiger charge is 2.13. The lowest BCUT2D eigenvalue weighted by molar-refractivity contribution is 0.0972. The molecule has 1 amide bonds. The lowest BCUT2D eigenvalue weighted by atomic mass is 10.3. The molecule has 1 heterocycles. The van der Waals surface area contributed by atoms with Crippen molar-refractivity contribution >= 4 is 40.5 Å². The maximum atomic E-state index is 11.7. The number of nitrogens with one attached hydrogen (secondary N) is 1. The van der Waals surface area contributed by atoms with Crippen LogP contribution in [0.2, 0.25) is 0 Å². The molecule has 0 aliphatic heterocycles. The second-order valence-electron chi connectivity index (χ2n) is 3.44. The van der Waals surface area contributed by atoms with Crippen LogP contribution in [-0.2, 0) is 0 Å². The molecule has 1 aromatic heterocycles. The topological polar surface area (TPSA) is 58.1 Å². The van der Waals surface area contributed by atoms with E-state index in [4.69, 9.17) is 12.2 Å². The molecule has 1 N–H and O–H groups in total. The first-order valence-electron chi connectivity index (χ1n) is 5.09. The molecule has 2 aromatic rings. The number of benzene rings is 1. The zero-order valence-corrected chi connectivity index (χ0v) is 11.2. The van der Waals surface area contributed by atoms with Gasteiger partial charge in [0, 0.05) is 18.1 Å². The van der Waals surface area contributed by atoms with Crippen molar-refractivity contribution < 1.29 is 4.79 Å². The van der Waals surface area contributed by atoms with Gasteiger partial charge in [0.25, 0.3) is 5.91 Å². The van der Waals surface area contributed by atoms with Crippen LogP contribution < -0.4 is 10.2 Å². The van der Waals surface area contributed by atoms with Gasteiger partial charge >= 0.3 is 0 Å². The highest BCUT2D eigenvalue weighted by molar-refractivity contribution is 7.80. The summed E-state index contributed by atoms with van der Waals surface area (Å²) in [7, 11) is 1.79. The summed E-state index contributed by atoms with van der Waals surface area (Å²) >= 11 is 6.28. The number of anilines is 1. The molecule has 0 saturated carbocycles. The zero-order chi connectivity index (χ0) is 13.0. The fourth-order valence-corrected chi connectivity index (χ4v) is 1.91. The molecule has 0 saturated heterocycles. The molecule has 7 heteroatoms. The van der Waals surface area contributed by atoms with E-state index < -0.39 is 0 Å². The minimum absolute atomic E-state index is 0.267. The Balaban J connectivity index is 2.02. The molecule has 0 fully saturated rings. The molecular formula is C11H10N4OS2. The van der Waals surface area contributed by atoms with Crippen LogP contribution in [0.4, 0.5) is 5.69 Å². The van der Waals surface area contributed by atoms with E-state index in [9.17, 15) is 4.79 Å². The fourth-order valence-electron chi connectivity index (χ4n) is 1.28. The smallest absolute Gasteiger partial charge is 0.278 e. The maximum absolute atomic E-state index is 11.7. The Labute approximate surface area is 114 Å². The summed E-state index contributed by atoms with van der Waals surface area (Å²) in [5, 5.41) is 8.17. The van der Waals surface area contributed by atoms with Gasteiger partial charge in [0.05, 0.1) is 0 Å². The summed E-state index contributed by atoms with van der Waals surface area (Å²) in [5.74, 6) is -0.350. The van der Waals surface area contributed by atoms with Gasteiger partial charge in [-0.3, -0.25) is 10.1 Å². The molecule has 0 atom stereocenters. The predicted octanol–water partition coefficient (Wildman–Crippen LogP) is 1.69. The molecule has 1 aromatic carbocycles. The molecule has 2 rings (SSSR count). The molecule has 0 aliphatic rings. The van der Waals surface area contributed by atoms with E-state index in [0.717, 1.165) is 17.2 Å². The third kappa shape index (κ3) is 2.88. The van der Waals surface area contributed by atoms with Crippen molar-refractivity contribution in [1.29, 1.82) is 0 Å². The fraction of sp³-hybridized carbons (Fsp3) is 0.0909. The molecule has 0 unspecified atom stereocenters. The number of hydrogen-bond acceptors (Lipinski definition) is 5. The van der Waals surface area contributed by atoms with Crippen molar-refractivity contribution in [2.75, 3.05) is 11.9 Å².